The van der Waals surface area contributed by atoms with E-state index in [1.807, 2.05) is 13.8 Å². The number of ketones is 1. The molecule has 1 aliphatic heterocycles. The van der Waals surface area contributed by atoms with E-state index in [4.69, 9.17) is 0 Å². The van der Waals surface area contributed by atoms with Crippen LogP contribution in [0.2, 0.25) is 0 Å². The molecule has 18 heavy (non-hydrogen) atoms. The summed E-state index contributed by atoms with van der Waals surface area (Å²) in [7, 11) is 0. The molecule has 0 atom stereocenters. The standard InChI is InChI=1S/C15H22N2O/c1-11-8-12(2)15(13(3)9-11)14(18)10-17-6-4-16-5-7-17/h8-9,16H,4-7,10H2,1-3H3. The Balaban J connectivity index is 2.13. The highest BCUT2D eigenvalue weighted by molar-refractivity contribution is 6.00. The van der Waals surface area contributed by atoms with Gasteiger partial charge in [-0.2, -0.15) is 0 Å². The number of aryl methyl sites for hydroxylation is 3. The van der Waals surface area contributed by atoms with E-state index in [9.17, 15) is 4.79 Å². The van der Waals surface area contributed by atoms with Gasteiger partial charge in [0.1, 0.15) is 0 Å². The van der Waals surface area contributed by atoms with Crippen LogP contribution in [0.15, 0.2) is 12.1 Å². The van der Waals surface area contributed by atoms with Crippen LogP contribution in [-0.2, 0) is 0 Å². The van der Waals surface area contributed by atoms with Gasteiger partial charge in [0.2, 0.25) is 0 Å². The third-order valence-electron chi connectivity index (χ3n) is 3.53. The average Bonchev–Trinajstić information content (AvgIpc) is 2.28. The van der Waals surface area contributed by atoms with Crippen molar-refractivity contribution in [1.82, 2.24) is 10.2 Å². The number of piperazine rings is 1. The highest BCUT2D eigenvalue weighted by Crippen LogP contribution is 2.17. The average molecular weight is 246 g/mol. The van der Waals surface area contributed by atoms with Gasteiger partial charge in [-0.1, -0.05) is 17.7 Å². The summed E-state index contributed by atoms with van der Waals surface area (Å²) in [6.45, 7) is 10.6. The summed E-state index contributed by atoms with van der Waals surface area (Å²) in [5.41, 5.74) is 4.35. The summed E-state index contributed by atoms with van der Waals surface area (Å²) in [4.78, 5) is 14.6. The maximum Gasteiger partial charge on any atom is 0.177 e. The van der Waals surface area contributed by atoms with Crippen LogP contribution in [0, 0.1) is 20.8 Å². The van der Waals surface area contributed by atoms with Gasteiger partial charge >= 0.3 is 0 Å². The largest absolute Gasteiger partial charge is 0.314 e. The van der Waals surface area contributed by atoms with Crippen LogP contribution < -0.4 is 5.32 Å². The lowest BCUT2D eigenvalue weighted by Crippen LogP contribution is -2.45. The Labute approximate surface area is 109 Å². The summed E-state index contributed by atoms with van der Waals surface area (Å²) in [6, 6.07) is 4.19. The summed E-state index contributed by atoms with van der Waals surface area (Å²) in [6.07, 6.45) is 0. The van der Waals surface area contributed by atoms with E-state index in [2.05, 4.69) is 29.3 Å². The molecule has 0 radical (unpaired) electrons. The molecule has 0 spiro atoms. The zero-order chi connectivity index (χ0) is 13.1. The molecular formula is C15H22N2O. The zero-order valence-corrected chi connectivity index (χ0v) is 11.5. The van der Waals surface area contributed by atoms with Crippen molar-refractivity contribution < 1.29 is 4.79 Å². The first-order chi connectivity index (χ1) is 8.58. The van der Waals surface area contributed by atoms with Gasteiger partial charge in [-0.15, -0.1) is 0 Å². The molecule has 2 rings (SSSR count). The number of benzene rings is 1. The summed E-state index contributed by atoms with van der Waals surface area (Å²) >= 11 is 0. The molecular weight excluding hydrogens is 224 g/mol. The van der Waals surface area contributed by atoms with Crippen LogP contribution in [0.1, 0.15) is 27.0 Å². The summed E-state index contributed by atoms with van der Waals surface area (Å²) in [5.74, 6) is 0.256. The minimum atomic E-state index is 0.256. The fraction of sp³-hybridized carbons (Fsp3) is 0.533. The van der Waals surface area contributed by atoms with Crippen molar-refractivity contribution in [3.8, 4) is 0 Å². The fourth-order valence-electron chi connectivity index (χ4n) is 2.77. The van der Waals surface area contributed by atoms with E-state index in [1.165, 1.54) is 5.56 Å². The third-order valence-corrected chi connectivity index (χ3v) is 3.53. The highest BCUT2D eigenvalue weighted by atomic mass is 16.1. The Morgan fingerprint density at radius 3 is 2.28 bits per heavy atom. The number of Topliss-reactive ketones (excluding diaryl/α,β-unsaturated/α-hetero) is 1. The van der Waals surface area contributed by atoms with Gasteiger partial charge in [0, 0.05) is 31.7 Å². The van der Waals surface area contributed by atoms with Crippen LogP contribution in [-0.4, -0.2) is 43.4 Å². The first-order valence-corrected chi connectivity index (χ1v) is 6.62. The van der Waals surface area contributed by atoms with Gasteiger partial charge in [-0.25, -0.2) is 0 Å². The van der Waals surface area contributed by atoms with Crippen LogP contribution >= 0.6 is 0 Å². The Hall–Kier alpha value is -1.19. The van der Waals surface area contributed by atoms with Crippen molar-refractivity contribution in [3.05, 3.63) is 34.4 Å². The predicted molar refractivity (Wildman–Crippen MR) is 74.3 cm³/mol. The van der Waals surface area contributed by atoms with E-state index in [0.29, 0.717) is 6.54 Å². The smallest absolute Gasteiger partial charge is 0.177 e. The SMILES string of the molecule is Cc1cc(C)c(C(=O)CN2CCNCC2)c(C)c1. The van der Waals surface area contributed by atoms with Crippen LogP contribution in [0.4, 0.5) is 0 Å². The highest BCUT2D eigenvalue weighted by Gasteiger charge is 2.17. The summed E-state index contributed by atoms with van der Waals surface area (Å²) < 4.78 is 0. The summed E-state index contributed by atoms with van der Waals surface area (Å²) in [5, 5.41) is 3.30. The molecule has 0 aromatic heterocycles. The maximum absolute atomic E-state index is 12.4. The van der Waals surface area contributed by atoms with E-state index >= 15 is 0 Å². The molecule has 3 heteroatoms. The second kappa shape index (κ2) is 5.63. The minimum absolute atomic E-state index is 0.256. The van der Waals surface area contributed by atoms with Gasteiger partial charge in [-0.05, 0) is 31.9 Å². The molecule has 1 fully saturated rings. The Morgan fingerprint density at radius 2 is 1.72 bits per heavy atom. The number of nitrogens with zero attached hydrogens (tertiary/aromatic N) is 1. The monoisotopic (exact) mass is 246 g/mol. The second-order valence-electron chi connectivity index (χ2n) is 5.22. The van der Waals surface area contributed by atoms with E-state index in [-0.39, 0.29) is 5.78 Å². The molecule has 0 amide bonds. The van der Waals surface area contributed by atoms with Crippen molar-refractivity contribution in [3.63, 3.8) is 0 Å². The van der Waals surface area contributed by atoms with Crippen LogP contribution in [0.5, 0.6) is 0 Å². The third kappa shape index (κ3) is 2.98. The van der Waals surface area contributed by atoms with Crippen LogP contribution in [0.3, 0.4) is 0 Å². The first-order valence-electron chi connectivity index (χ1n) is 6.62. The molecule has 0 unspecified atom stereocenters. The molecule has 1 aromatic rings. The number of hydrogen-bond acceptors (Lipinski definition) is 3. The van der Waals surface area contributed by atoms with E-state index in [0.717, 1.165) is 42.9 Å². The van der Waals surface area contributed by atoms with Gasteiger partial charge in [0.25, 0.3) is 0 Å². The molecule has 1 aliphatic rings. The fourth-order valence-corrected chi connectivity index (χ4v) is 2.77. The van der Waals surface area contributed by atoms with Crippen molar-refractivity contribution in [1.29, 1.82) is 0 Å². The molecule has 0 aliphatic carbocycles. The molecule has 3 nitrogen and oxygen atoms in total. The van der Waals surface area contributed by atoms with Crippen molar-refractivity contribution >= 4 is 5.78 Å². The maximum atomic E-state index is 12.4. The van der Waals surface area contributed by atoms with Crippen molar-refractivity contribution in [2.24, 2.45) is 0 Å². The quantitative estimate of drug-likeness (QED) is 0.824. The Kier molecular flexibility index (Phi) is 4.15. The zero-order valence-electron chi connectivity index (χ0n) is 11.5. The number of rotatable bonds is 3. The molecule has 1 heterocycles. The van der Waals surface area contributed by atoms with Gasteiger partial charge < -0.3 is 5.32 Å². The molecule has 1 aromatic carbocycles. The van der Waals surface area contributed by atoms with E-state index in [1.54, 1.807) is 0 Å². The predicted octanol–water partition coefficient (Wildman–Crippen LogP) is 1.70. The van der Waals surface area contributed by atoms with E-state index < -0.39 is 0 Å². The molecule has 1 N–H and O–H groups in total. The second-order valence-corrected chi connectivity index (χ2v) is 5.22. The lowest BCUT2D eigenvalue weighted by Gasteiger charge is -2.26. The minimum Gasteiger partial charge on any atom is -0.314 e. The van der Waals surface area contributed by atoms with Crippen molar-refractivity contribution in [2.75, 3.05) is 32.7 Å². The molecule has 98 valence electrons. The Morgan fingerprint density at radius 1 is 1.17 bits per heavy atom. The molecule has 0 saturated carbocycles. The normalized spacial score (nSPS) is 16.8. The first kappa shape index (κ1) is 13.2. The number of nitrogens with one attached hydrogen (secondary N) is 1. The van der Waals surface area contributed by atoms with Crippen LogP contribution in [0.25, 0.3) is 0 Å². The molecule has 1 saturated heterocycles. The van der Waals surface area contributed by atoms with Gasteiger partial charge in [-0.3, -0.25) is 9.69 Å². The van der Waals surface area contributed by atoms with Gasteiger partial charge in [0.15, 0.2) is 5.78 Å². The Bertz CT molecular complexity index is 425. The molecule has 0 bridgehead atoms. The topological polar surface area (TPSA) is 32.3 Å². The number of hydrogen-bond donors (Lipinski definition) is 1. The lowest BCUT2D eigenvalue weighted by atomic mass is 9.96. The van der Waals surface area contributed by atoms with Gasteiger partial charge in [0.05, 0.1) is 6.54 Å². The number of carbonyl (C=O) groups is 1. The lowest BCUT2D eigenvalue weighted by molar-refractivity contribution is 0.0920. The number of carbonyl (C=O) groups excluding carboxylic acids is 1. The van der Waals surface area contributed by atoms with Crippen molar-refractivity contribution in [2.45, 2.75) is 20.8 Å².